The third kappa shape index (κ3) is 6.84. The number of aryl methyl sites for hydroxylation is 2. The van der Waals surface area contributed by atoms with Crippen LogP contribution in [-0.4, -0.2) is 27.4 Å². The van der Waals surface area contributed by atoms with Crippen molar-refractivity contribution in [1.82, 2.24) is 14.9 Å². The Balaban J connectivity index is 1.48. The predicted molar refractivity (Wildman–Crippen MR) is 121 cm³/mol. The molecule has 3 aromatic rings. The Hall–Kier alpha value is -2.93. The lowest BCUT2D eigenvalue weighted by Gasteiger charge is -2.14. The second-order valence-corrected chi connectivity index (χ2v) is 8.13. The van der Waals surface area contributed by atoms with Crippen LogP contribution in [0.15, 0.2) is 71.7 Å². The van der Waals surface area contributed by atoms with Crippen LogP contribution < -0.4 is 10.6 Å². The molecule has 156 valence electrons. The van der Waals surface area contributed by atoms with Gasteiger partial charge in [-0.05, 0) is 55.7 Å². The van der Waals surface area contributed by atoms with Gasteiger partial charge in [0.25, 0.3) is 5.91 Å². The van der Waals surface area contributed by atoms with Gasteiger partial charge in [-0.15, -0.1) is 0 Å². The lowest BCUT2D eigenvalue weighted by Crippen LogP contribution is -2.32. The van der Waals surface area contributed by atoms with E-state index in [2.05, 4.69) is 43.7 Å². The Morgan fingerprint density at radius 1 is 1.17 bits per heavy atom. The van der Waals surface area contributed by atoms with Gasteiger partial charge < -0.3 is 15.2 Å². The number of hydrogen-bond acceptors (Lipinski definition) is 3. The third-order valence-electron chi connectivity index (χ3n) is 4.72. The normalized spacial score (nSPS) is 11.7. The maximum atomic E-state index is 12.6. The molecule has 0 fully saturated rings. The summed E-state index contributed by atoms with van der Waals surface area (Å²) < 4.78 is 2.90. The van der Waals surface area contributed by atoms with Crippen LogP contribution in [-0.2, 0) is 17.8 Å². The minimum absolute atomic E-state index is 0.0366. The lowest BCUT2D eigenvalue weighted by atomic mass is 10.1. The van der Waals surface area contributed by atoms with Crippen molar-refractivity contribution in [1.29, 1.82) is 0 Å². The lowest BCUT2D eigenvalue weighted by molar-refractivity contribution is -0.116. The predicted octanol–water partition coefficient (Wildman–Crippen LogP) is 4.43. The standard InChI is InChI=1S/C23H25BrN4O2/c1-17(5-6-18-7-9-20(24)10-8-18)26-23(30)19-3-2-4-21(15-19)27-22(29)11-13-28-14-12-25-16-28/h2-4,7-10,12,14-17H,5-6,11,13H2,1H3,(H,26,30)(H,27,29). The zero-order valence-corrected chi connectivity index (χ0v) is 18.4. The SMILES string of the molecule is CC(CCc1ccc(Br)cc1)NC(=O)c1cccc(NC(=O)CCn2ccnc2)c1. The summed E-state index contributed by atoms with van der Waals surface area (Å²) in [5.74, 6) is -0.253. The number of anilines is 1. The van der Waals surface area contributed by atoms with Crippen molar-refractivity contribution in [3.8, 4) is 0 Å². The number of nitrogens with zero attached hydrogens (tertiary/aromatic N) is 2. The topological polar surface area (TPSA) is 76.0 Å². The summed E-state index contributed by atoms with van der Waals surface area (Å²) in [7, 11) is 0. The van der Waals surface area contributed by atoms with Gasteiger partial charge in [0.2, 0.25) is 5.91 Å². The molecule has 0 aliphatic heterocycles. The minimum Gasteiger partial charge on any atom is -0.350 e. The van der Waals surface area contributed by atoms with Crippen molar-refractivity contribution in [2.45, 2.75) is 38.8 Å². The monoisotopic (exact) mass is 468 g/mol. The van der Waals surface area contributed by atoms with Crippen molar-refractivity contribution in [2.75, 3.05) is 5.32 Å². The second kappa shape index (κ2) is 10.7. The Morgan fingerprint density at radius 3 is 2.70 bits per heavy atom. The number of carbonyl (C=O) groups is 2. The molecule has 2 N–H and O–H groups in total. The van der Waals surface area contributed by atoms with E-state index in [-0.39, 0.29) is 17.9 Å². The summed E-state index contributed by atoms with van der Waals surface area (Å²) in [6.07, 6.45) is 7.24. The van der Waals surface area contributed by atoms with E-state index in [1.165, 1.54) is 5.56 Å². The van der Waals surface area contributed by atoms with Crippen LogP contribution in [0.4, 0.5) is 5.69 Å². The summed E-state index contributed by atoms with van der Waals surface area (Å²) >= 11 is 3.44. The number of halogens is 1. The fraction of sp³-hybridized carbons (Fsp3) is 0.261. The smallest absolute Gasteiger partial charge is 0.251 e. The first kappa shape index (κ1) is 21.8. The molecule has 3 rings (SSSR count). The average molecular weight is 469 g/mol. The van der Waals surface area contributed by atoms with Gasteiger partial charge in [0, 0.05) is 47.1 Å². The van der Waals surface area contributed by atoms with E-state index in [9.17, 15) is 9.59 Å². The van der Waals surface area contributed by atoms with Crippen molar-refractivity contribution in [3.05, 3.63) is 82.9 Å². The molecule has 0 radical (unpaired) electrons. The molecule has 0 saturated heterocycles. The van der Waals surface area contributed by atoms with Gasteiger partial charge in [-0.3, -0.25) is 9.59 Å². The summed E-state index contributed by atoms with van der Waals surface area (Å²) in [4.78, 5) is 28.7. The molecule has 2 aromatic carbocycles. The first-order valence-electron chi connectivity index (χ1n) is 9.90. The van der Waals surface area contributed by atoms with Crippen LogP contribution in [0.2, 0.25) is 0 Å². The fourth-order valence-corrected chi connectivity index (χ4v) is 3.29. The van der Waals surface area contributed by atoms with Gasteiger partial charge in [-0.2, -0.15) is 0 Å². The maximum Gasteiger partial charge on any atom is 0.251 e. The van der Waals surface area contributed by atoms with Crippen molar-refractivity contribution in [3.63, 3.8) is 0 Å². The number of benzene rings is 2. The number of hydrogen-bond donors (Lipinski definition) is 2. The number of rotatable bonds is 9. The van der Waals surface area contributed by atoms with Crippen LogP contribution in [0.25, 0.3) is 0 Å². The van der Waals surface area contributed by atoms with Gasteiger partial charge in [0.05, 0.1) is 6.33 Å². The van der Waals surface area contributed by atoms with E-state index in [0.29, 0.717) is 24.2 Å². The molecule has 0 spiro atoms. The molecule has 0 aliphatic carbocycles. The van der Waals surface area contributed by atoms with E-state index in [1.807, 2.05) is 29.8 Å². The Morgan fingerprint density at radius 2 is 1.97 bits per heavy atom. The van der Waals surface area contributed by atoms with Gasteiger partial charge in [-0.25, -0.2) is 4.98 Å². The number of carbonyl (C=O) groups excluding carboxylic acids is 2. The van der Waals surface area contributed by atoms with E-state index in [4.69, 9.17) is 0 Å². The van der Waals surface area contributed by atoms with Crippen LogP contribution in [0, 0.1) is 0 Å². The Bertz CT molecular complexity index is 971. The van der Waals surface area contributed by atoms with Crippen LogP contribution in [0.1, 0.15) is 35.7 Å². The van der Waals surface area contributed by atoms with Crippen molar-refractivity contribution in [2.24, 2.45) is 0 Å². The summed E-state index contributed by atoms with van der Waals surface area (Å²) in [5, 5.41) is 5.88. The molecular formula is C23H25BrN4O2. The second-order valence-electron chi connectivity index (χ2n) is 7.22. The summed E-state index contributed by atoms with van der Waals surface area (Å²) in [5.41, 5.74) is 2.37. The summed E-state index contributed by atoms with van der Waals surface area (Å²) in [6.45, 7) is 2.56. The van der Waals surface area contributed by atoms with E-state index in [1.54, 1.807) is 36.8 Å². The number of amides is 2. The van der Waals surface area contributed by atoms with E-state index < -0.39 is 0 Å². The van der Waals surface area contributed by atoms with Gasteiger partial charge in [0.1, 0.15) is 0 Å². The molecule has 1 heterocycles. The third-order valence-corrected chi connectivity index (χ3v) is 5.25. The fourth-order valence-electron chi connectivity index (χ4n) is 3.02. The molecule has 7 heteroatoms. The molecule has 1 atom stereocenters. The van der Waals surface area contributed by atoms with Crippen molar-refractivity contribution >= 4 is 33.4 Å². The Kier molecular flexibility index (Phi) is 7.79. The van der Waals surface area contributed by atoms with Gasteiger partial charge in [0.15, 0.2) is 0 Å². The first-order chi connectivity index (χ1) is 14.5. The molecule has 30 heavy (non-hydrogen) atoms. The zero-order chi connectivity index (χ0) is 21.3. The first-order valence-corrected chi connectivity index (χ1v) is 10.7. The van der Waals surface area contributed by atoms with Crippen LogP contribution in [0.3, 0.4) is 0 Å². The molecule has 2 amide bonds. The largest absolute Gasteiger partial charge is 0.350 e. The zero-order valence-electron chi connectivity index (χ0n) is 16.8. The van der Waals surface area contributed by atoms with Crippen molar-refractivity contribution < 1.29 is 9.59 Å². The number of imidazole rings is 1. The molecule has 0 bridgehead atoms. The highest BCUT2D eigenvalue weighted by atomic mass is 79.9. The van der Waals surface area contributed by atoms with Crippen LogP contribution >= 0.6 is 15.9 Å². The molecule has 0 saturated carbocycles. The Labute approximate surface area is 184 Å². The van der Waals surface area contributed by atoms with E-state index >= 15 is 0 Å². The number of nitrogens with one attached hydrogen (secondary N) is 2. The average Bonchev–Trinajstić information content (AvgIpc) is 3.26. The molecule has 1 unspecified atom stereocenters. The molecule has 6 nitrogen and oxygen atoms in total. The van der Waals surface area contributed by atoms with Crippen LogP contribution in [0.5, 0.6) is 0 Å². The number of aromatic nitrogens is 2. The highest BCUT2D eigenvalue weighted by Crippen LogP contribution is 2.14. The highest BCUT2D eigenvalue weighted by Gasteiger charge is 2.11. The minimum atomic E-state index is -0.146. The highest BCUT2D eigenvalue weighted by molar-refractivity contribution is 9.10. The van der Waals surface area contributed by atoms with E-state index in [0.717, 1.165) is 17.3 Å². The molecular weight excluding hydrogens is 444 g/mol. The summed E-state index contributed by atoms with van der Waals surface area (Å²) in [6, 6.07) is 15.2. The molecule has 1 aromatic heterocycles. The molecule has 0 aliphatic rings. The van der Waals surface area contributed by atoms with Gasteiger partial charge in [-0.1, -0.05) is 34.1 Å². The maximum absolute atomic E-state index is 12.6. The van der Waals surface area contributed by atoms with Gasteiger partial charge >= 0.3 is 0 Å². The quantitative estimate of drug-likeness (QED) is 0.487.